The summed E-state index contributed by atoms with van der Waals surface area (Å²) in [6, 6.07) is 8.39. The van der Waals surface area contributed by atoms with Crippen molar-refractivity contribution in [2.45, 2.75) is 6.18 Å². The molecule has 3 heterocycles. The highest BCUT2D eigenvalue weighted by atomic mass is 35.5. The van der Waals surface area contributed by atoms with Crippen molar-refractivity contribution in [3.63, 3.8) is 0 Å². The minimum absolute atomic E-state index is 0.0156. The minimum atomic E-state index is -4.95. The summed E-state index contributed by atoms with van der Waals surface area (Å²) in [7, 11) is 0. The highest BCUT2D eigenvalue weighted by Gasteiger charge is 2.41. The molecule has 33 heavy (non-hydrogen) atoms. The molecule has 0 unspecified atom stereocenters. The molecule has 0 atom stereocenters. The van der Waals surface area contributed by atoms with E-state index in [-0.39, 0.29) is 32.7 Å². The smallest absolute Gasteiger partial charge is 0.329 e. The van der Waals surface area contributed by atoms with Crippen LogP contribution in [0.1, 0.15) is 16.1 Å². The van der Waals surface area contributed by atoms with E-state index < -0.39 is 28.9 Å². The first-order valence-electron chi connectivity index (χ1n) is 9.23. The number of hydrogen-bond acceptors (Lipinski definition) is 6. The Morgan fingerprint density at radius 3 is 2.64 bits per heavy atom. The number of aromatic amines is 1. The highest BCUT2D eigenvalue weighted by Crippen LogP contribution is 2.36. The first-order valence-corrected chi connectivity index (χ1v) is 9.61. The van der Waals surface area contributed by atoms with Gasteiger partial charge in [-0.3, -0.25) is 9.59 Å². The van der Waals surface area contributed by atoms with E-state index in [1.54, 1.807) is 0 Å². The lowest BCUT2D eigenvalue weighted by Crippen LogP contribution is -2.21. The molecule has 5 rings (SSSR count). The lowest BCUT2D eigenvalue weighted by Gasteiger charge is -2.14. The maximum absolute atomic E-state index is 14.1. The standard InChI is InChI=1S/C20H10ClF3N6O3/c21-12-6-14-15(29-33-28-14)7-13(12)27-19(32)11-8-26-30(17(11)20(22,23)24)16-3-1-2-10-9(16)4-5-25-18(10)31/h1-8H,(H,25,31)(H,27,32). The molecule has 2 aromatic carbocycles. The van der Waals surface area contributed by atoms with E-state index in [4.69, 9.17) is 11.6 Å². The quantitative estimate of drug-likeness (QED) is 0.405. The molecule has 9 nitrogen and oxygen atoms in total. The van der Waals surface area contributed by atoms with Gasteiger partial charge in [0.15, 0.2) is 5.69 Å². The van der Waals surface area contributed by atoms with Crippen molar-refractivity contribution in [1.82, 2.24) is 25.1 Å². The molecule has 0 saturated heterocycles. The molecule has 0 aliphatic heterocycles. The second-order valence-corrected chi connectivity index (χ2v) is 7.31. The van der Waals surface area contributed by atoms with Crippen molar-refractivity contribution in [1.29, 1.82) is 0 Å². The number of hydrogen-bond donors (Lipinski definition) is 2. The monoisotopic (exact) mass is 474 g/mol. The molecule has 5 aromatic rings. The number of anilines is 1. The number of H-pyrrole nitrogens is 1. The van der Waals surface area contributed by atoms with Crippen LogP contribution in [-0.4, -0.2) is 31.0 Å². The van der Waals surface area contributed by atoms with Gasteiger partial charge < -0.3 is 10.3 Å². The number of carbonyl (C=O) groups is 1. The third kappa shape index (κ3) is 3.49. The fourth-order valence-corrected chi connectivity index (χ4v) is 3.66. The number of fused-ring (bicyclic) bond motifs is 2. The van der Waals surface area contributed by atoms with Crippen LogP contribution in [0.4, 0.5) is 18.9 Å². The van der Waals surface area contributed by atoms with Crippen LogP contribution in [0.15, 0.2) is 58.2 Å². The molecular formula is C20H10ClF3N6O3. The van der Waals surface area contributed by atoms with Crippen LogP contribution < -0.4 is 10.9 Å². The van der Waals surface area contributed by atoms with Gasteiger partial charge in [0, 0.05) is 17.0 Å². The number of alkyl halides is 3. The summed E-state index contributed by atoms with van der Waals surface area (Å²) in [5.41, 5.74) is -1.96. The number of carbonyl (C=O) groups excluding carboxylic acids is 1. The fourth-order valence-electron chi connectivity index (χ4n) is 3.45. The summed E-state index contributed by atoms with van der Waals surface area (Å²) in [5, 5.41) is 13.8. The number of aromatic nitrogens is 5. The summed E-state index contributed by atoms with van der Waals surface area (Å²) in [6.45, 7) is 0. The number of nitrogens with zero attached hydrogens (tertiary/aromatic N) is 4. The van der Waals surface area contributed by atoms with Gasteiger partial charge in [-0.05, 0) is 40.6 Å². The molecule has 0 radical (unpaired) electrons. The molecule has 0 aliphatic rings. The van der Waals surface area contributed by atoms with Crippen molar-refractivity contribution in [2.24, 2.45) is 0 Å². The van der Waals surface area contributed by atoms with Crippen LogP contribution >= 0.6 is 11.6 Å². The number of nitrogens with one attached hydrogen (secondary N) is 2. The molecule has 1 amide bonds. The van der Waals surface area contributed by atoms with Crippen LogP contribution in [-0.2, 0) is 6.18 Å². The first-order chi connectivity index (χ1) is 15.7. The predicted molar refractivity (Wildman–Crippen MR) is 111 cm³/mol. The van der Waals surface area contributed by atoms with Crippen molar-refractivity contribution in [3.8, 4) is 5.69 Å². The van der Waals surface area contributed by atoms with E-state index in [1.807, 2.05) is 0 Å². The van der Waals surface area contributed by atoms with Crippen molar-refractivity contribution < 1.29 is 22.6 Å². The van der Waals surface area contributed by atoms with E-state index in [2.05, 4.69) is 30.3 Å². The third-order valence-corrected chi connectivity index (χ3v) is 5.21. The van der Waals surface area contributed by atoms with Gasteiger partial charge in [-0.25, -0.2) is 9.31 Å². The molecule has 0 bridgehead atoms. The SMILES string of the molecule is O=C(Nc1cc2nonc2cc1Cl)c1cnn(-c2cccc3c(=O)[nH]ccc23)c1C(F)(F)F. The van der Waals surface area contributed by atoms with Crippen LogP contribution in [0.5, 0.6) is 0 Å². The van der Waals surface area contributed by atoms with Crippen LogP contribution in [0.25, 0.3) is 27.5 Å². The second kappa shape index (κ2) is 7.45. The Balaban J connectivity index is 1.63. The average molecular weight is 475 g/mol. The van der Waals surface area contributed by atoms with E-state index in [0.29, 0.717) is 10.2 Å². The van der Waals surface area contributed by atoms with Crippen LogP contribution in [0.2, 0.25) is 5.02 Å². The Morgan fingerprint density at radius 1 is 1.12 bits per heavy atom. The molecule has 2 N–H and O–H groups in total. The largest absolute Gasteiger partial charge is 0.434 e. The zero-order valence-electron chi connectivity index (χ0n) is 16.1. The molecule has 3 aromatic heterocycles. The molecule has 0 saturated carbocycles. The Bertz CT molecular complexity index is 1600. The van der Waals surface area contributed by atoms with Crippen molar-refractivity contribution >= 4 is 45.0 Å². The lowest BCUT2D eigenvalue weighted by atomic mass is 10.1. The van der Waals surface area contributed by atoms with E-state index in [1.165, 1.54) is 42.6 Å². The topological polar surface area (TPSA) is 119 Å². The van der Waals surface area contributed by atoms with Gasteiger partial charge in [-0.15, -0.1) is 0 Å². The first kappa shape index (κ1) is 20.7. The number of halogens is 4. The van der Waals surface area contributed by atoms with E-state index >= 15 is 0 Å². The Kier molecular flexibility index (Phi) is 4.67. The number of rotatable bonds is 3. The molecule has 0 fully saturated rings. The molecule has 13 heteroatoms. The maximum atomic E-state index is 14.1. The van der Waals surface area contributed by atoms with Gasteiger partial charge in [0.2, 0.25) is 0 Å². The summed E-state index contributed by atoms with van der Waals surface area (Å²) >= 11 is 6.10. The van der Waals surface area contributed by atoms with Crippen molar-refractivity contribution in [3.05, 3.63) is 75.4 Å². The summed E-state index contributed by atoms with van der Waals surface area (Å²) < 4.78 is 47.4. The maximum Gasteiger partial charge on any atom is 0.434 e. The van der Waals surface area contributed by atoms with Gasteiger partial charge in [0.1, 0.15) is 11.0 Å². The van der Waals surface area contributed by atoms with Gasteiger partial charge in [0.05, 0.1) is 28.2 Å². The molecular weight excluding hydrogens is 465 g/mol. The van der Waals surface area contributed by atoms with Crippen LogP contribution in [0.3, 0.4) is 0 Å². The average Bonchev–Trinajstić information content (AvgIpc) is 3.40. The summed E-state index contributed by atoms with van der Waals surface area (Å²) in [6.07, 6.45) is -2.83. The number of amides is 1. The van der Waals surface area contributed by atoms with Gasteiger partial charge in [0.25, 0.3) is 11.5 Å². The predicted octanol–water partition coefficient (Wildman–Crippen LogP) is 4.17. The summed E-state index contributed by atoms with van der Waals surface area (Å²) in [5.74, 6) is -1.09. The zero-order valence-corrected chi connectivity index (χ0v) is 16.9. The summed E-state index contributed by atoms with van der Waals surface area (Å²) in [4.78, 5) is 27.4. The van der Waals surface area contributed by atoms with Crippen molar-refractivity contribution in [2.75, 3.05) is 5.32 Å². The Hall–Kier alpha value is -4.19. The Morgan fingerprint density at radius 2 is 1.88 bits per heavy atom. The lowest BCUT2D eigenvalue weighted by molar-refractivity contribution is -0.143. The second-order valence-electron chi connectivity index (χ2n) is 6.90. The van der Waals surface area contributed by atoms with Crippen LogP contribution in [0, 0.1) is 0 Å². The molecule has 0 aliphatic carbocycles. The normalized spacial score (nSPS) is 11.9. The third-order valence-electron chi connectivity index (χ3n) is 4.89. The fraction of sp³-hybridized carbons (Fsp3) is 0.0500. The number of benzene rings is 2. The van der Waals surface area contributed by atoms with E-state index in [0.717, 1.165) is 6.20 Å². The highest BCUT2D eigenvalue weighted by molar-refractivity contribution is 6.34. The number of pyridine rings is 1. The van der Waals surface area contributed by atoms with Gasteiger partial charge in [-0.2, -0.15) is 18.3 Å². The minimum Gasteiger partial charge on any atom is -0.329 e. The van der Waals surface area contributed by atoms with Gasteiger partial charge >= 0.3 is 6.18 Å². The van der Waals surface area contributed by atoms with Gasteiger partial charge in [-0.1, -0.05) is 17.7 Å². The zero-order chi connectivity index (χ0) is 23.3. The van der Waals surface area contributed by atoms with E-state index in [9.17, 15) is 22.8 Å². The Labute approximate surface area is 185 Å². The molecule has 0 spiro atoms. The molecule has 166 valence electrons.